The maximum atomic E-state index is 16.0. The molecule has 3 aromatic carbocycles. The number of benzene rings is 3. The quantitative estimate of drug-likeness (QED) is 0.0778. The molecule has 2 N–H and O–H groups in total. The van der Waals surface area contributed by atoms with Crippen molar-refractivity contribution in [2.24, 2.45) is 0 Å². The minimum atomic E-state index is -4.88. The predicted octanol–water partition coefficient (Wildman–Crippen LogP) is 9.76. The molecule has 0 saturated heterocycles. The normalized spacial score (nSPS) is 17.4. The number of allylic oxidation sites excluding steroid dienone is 2. The molecule has 0 unspecified atom stereocenters. The van der Waals surface area contributed by atoms with Crippen molar-refractivity contribution in [3.8, 4) is 11.4 Å². The summed E-state index contributed by atoms with van der Waals surface area (Å²) < 4.78 is 91.4. The zero-order valence-electron chi connectivity index (χ0n) is 36.4. The number of aromatic carboxylic acids is 1. The Balaban J connectivity index is 0.969. The van der Waals surface area contributed by atoms with E-state index in [1.54, 1.807) is 62.4 Å². The molecule has 0 atom stereocenters. The van der Waals surface area contributed by atoms with Gasteiger partial charge in [0.2, 0.25) is 5.82 Å². The minimum absolute atomic E-state index is 0.0290. The van der Waals surface area contributed by atoms with Crippen molar-refractivity contribution in [1.29, 1.82) is 0 Å². The fourth-order valence-electron chi connectivity index (χ4n) is 9.53. The molecule has 1 amide bonds. The van der Waals surface area contributed by atoms with Crippen LogP contribution >= 0.6 is 0 Å². The molecule has 63 heavy (non-hydrogen) atoms. The van der Waals surface area contributed by atoms with Crippen LogP contribution < -0.4 is 10.1 Å². The van der Waals surface area contributed by atoms with Gasteiger partial charge < -0.3 is 37.5 Å². The number of carbonyl (C=O) groups is 2. The number of amides is 1. The van der Waals surface area contributed by atoms with E-state index in [4.69, 9.17) is 9.47 Å². The van der Waals surface area contributed by atoms with E-state index in [0.29, 0.717) is 39.5 Å². The van der Waals surface area contributed by atoms with E-state index in [-0.39, 0.29) is 71.1 Å². The van der Waals surface area contributed by atoms with E-state index in [9.17, 15) is 27.9 Å². The molecule has 0 saturated carbocycles. The second kappa shape index (κ2) is 15.4. The highest BCUT2D eigenvalue weighted by Crippen LogP contribution is 2.50. The molecule has 0 spiro atoms. The van der Waals surface area contributed by atoms with Crippen LogP contribution in [0.3, 0.4) is 0 Å². The average molecular weight is 870 g/mol. The summed E-state index contributed by atoms with van der Waals surface area (Å²) in [6.45, 7) is 11.5. The predicted molar refractivity (Wildman–Crippen MR) is 231 cm³/mol. The number of carbonyl (C=O) groups excluding carboxylic acids is 1. The molecule has 0 bridgehead atoms. The molecule has 330 valence electrons. The van der Waals surface area contributed by atoms with Crippen molar-refractivity contribution in [2.45, 2.75) is 85.2 Å². The summed E-state index contributed by atoms with van der Waals surface area (Å²) in [5, 5.41) is 12.4. The third-order valence-corrected chi connectivity index (χ3v) is 12.7. The van der Waals surface area contributed by atoms with Crippen LogP contribution in [0.5, 0.6) is 5.75 Å². The van der Waals surface area contributed by atoms with Crippen molar-refractivity contribution in [3.63, 3.8) is 0 Å². The number of carboxylic acids is 1. The lowest BCUT2D eigenvalue weighted by atomic mass is 9.63. The van der Waals surface area contributed by atoms with Crippen LogP contribution in [-0.2, 0) is 21.7 Å². The van der Waals surface area contributed by atoms with Gasteiger partial charge in [-0.3, -0.25) is 9.36 Å². The van der Waals surface area contributed by atoms with E-state index in [0.717, 1.165) is 54.7 Å². The molecule has 4 heterocycles. The van der Waals surface area contributed by atoms with Gasteiger partial charge >= 0.3 is 19.1 Å². The van der Waals surface area contributed by atoms with Gasteiger partial charge in [0.05, 0.1) is 41.1 Å². The third-order valence-electron chi connectivity index (χ3n) is 12.7. The summed E-state index contributed by atoms with van der Waals surface area (Å²) in [6, 6.07) is 15.9. The zero-order chi connectivity index (χ0) is 45.6. The van der Waals surface area contributed by atoms with Gasteiger partial charge in [-0.15, -0.1) is 0 Å². The monoisotopic (exact) mass is 869 g/mol. The average Bonchev–Trinajstić information content (AvgIpc) is 3.86. The lowest BCUT2D eigenvalue weighted by Gasteiger charge is -2.42. The fraction of sp³-hybridized carbons (Fsp3) is 0.362. The number of aromatic nitrogens is 3. The number of ether oxygens (including phenoxy) is 2. The number of hydrogen-bond donors (Lipinski definition) is 2. The summed E-state index contributed by atoms with van der Waals surface area (Å²) in [7, 11) is 0. The molecule has 0 radical (unpaired) electrons. The van der Waals surface area contributed by atoms with E-state index in [2.05, 4.69) is 38.0 Å². The van der Waals surface area contributed by atoms with Gasteiger partial charge in [0, 0.05) is 36.4 Å². The summed E-state index contributed by atoms with van der Waals surface area (Å²) in [5.74, 6) is -2.67. The minimum Gasteiger partial charge on any atom is -0.489 e. The van der Waals surface area contributed by atoms with E-state index in [1.807, 2.05) is 13.8 Å². The number of halogens is 5. The number of fused-ring (bicyclic) bond motifs is 4. The Labute approximate surface area is 361 Å². The number of aryl methyl sites for hydroxylation is 2. The number of hydrogen-bond acceptors (Lipinski definition) is 5. The van der Waals surface area contributed by atoms with Gasteiger partial charge in [-0.05, 0) is 121 Å². The lowest BCUT2D eigenvalue weighted by Crippen LogP contribution is -2.51. The zero-order valence-corrected chi connectivity index (χ0v) is 36.4. The van der Waals surface area contributed by atoms with Crippen molar-refractivity contribution >= 4 is 41.2 Å². The van der Waals surface area contributed by atoms with Crippen molar-refractivity contribution in [3.05, 3.63) is 129 Å². The molecule has 5 aromatic rings. The van der Waals surface area contributed by atoms with Crippen LogP contribution in [0.25, 0.3) is 22.3 Å². The number of carboxylic acid groups (broad SMARTS) is 1. The van der Waals surface area contributed by atoms with Gasteiger partial charge in [-0.1, -0.05) is 39.8 Å². The summed E-state index contributed by atoms with van der Waals surface area (Å²) >= 11 is 0. The molecule has 8 rings (SSSR count). The number of imidazole rings is 1. The van der Waals surface area contributed by atoms with Crippen molar-refractivity contribution < 1.29 is 50.5 Å². The molecule has 16 heteroatoms. The van der Waals surface area contributed by atoms with Gasteiger partial charge in [0.25, 0.3) is 5.91 Å². The number of nitrogens with zero attached hydrogens (tertiary/aromatic N) is 4. The standard InChI is InChI=1S/C47H49BF5N5O5/c1-26-21-28(3)57-40(26)39(41-27(2)22-29(4)58(41)48(57,52)53)30-9-11-31(12-10-30)42(59)54-17-18-62-19-20-63-38-25-34-33(45(5,6)15-16-46(34,7)8)24-37(38)56-36-14-13-32(43(60)61)23-35(36)55-44(56)47(49,50)51/h9-14,21-25H,15-20H2,1-8H3,(H,54,59)(H,60,61). The first-order chi connectivity index (χ1) is 29.5. The molecule has 2 aromatic heterocycles. The highest BCUT2D eigenvalue weighted by Gasteiger charge is 2.55. The van der Waals surface area contributed by atoms with E-state index in [1.165, 1.54) is 12.1 Å². The Morgan fingerprint density at radius 2 is 1.54 bits per heavy atom. The Morgan fingerprint density at radius 3 is 2.19 bits per heavy atom. The summed E-state index contributed by atoms with van der Waals surface area (Å²) in [6.07, 6.45) is -1.45. The fourth-order valence-corrected chi connectivity index (χ4v) is 9.53. The first-order valence-corrected chi connectivity index (χ1v) is 20.9. The van der Waals surface area contributed by atoms with Gasteiger partial charge in [-0.25, -0.2) is 9.78 Å². The molecule has 0 fully saturated rings. The number of rotatable bonds is 11. The van der Waals surface area contributed by atoms with Crippen LogP contribution in [0.1, 0.15) is 115 Å². The van der Waals surface area contributed by atoms with Gasteiger partial charge in [-0.2, -0.15) is 13.2 Å². The highest BCUT2D eigenvalue weighted by molar-refractivity contribution is 6.58. The van der Waals surface area contributed by atoms with Gasteiger partial charge in [0.1, 0.15) is 18.1 Å². The Hall–Kier alpha value is -6.03. The smallest absolute Gasteiger partial charge is 0.489 e. The molecule has 10 nitrogen and oxygen atoms in total. The topological polar surface area (TPSA) is 111 Å². The number of alkyl halides is 3. The first kappa shape index (κ1) is 43.6. The van der Waals surface area contributed by atoms with Crippen molar-refractivity contribution in [1.82, 2.24) is 19.3 Å². The summed E-state index contributed by atoms with van der Waals surface area (Å²) in [5.41, 5.74) is 6.12. The maximum Gasteiger partial charge on any atom is 0.737 e. The van der Waals surface area contributed by atoms with Crippen LogP contribution in [-0.4, -0.2) is 74.5 Å². The van der Waals surface area contributed by atoms with E-state index >= 15 is 8.63 Å². The highest BCUT2D eigenvalue weighted by atomic mass is 19.4. The lowest BCUT2D eigenvalue weighted by molar-refractivity contribution is -0.363. The van der Waals surface area contributed by atoms with Crippen molar-refractivity contribution in [2.75, 3.05) is 26.4 Å². The molecule has 1 aliphatic carbocycles. The molecular weight excluding hydrogens is 820 g/mol. The Morgan fingerprint density at radius 1 is 0.889 bits per heavy atom. The maximum absolute atomic E-state index is 16.0. The van der Waals surface area contributed by atoms with E-state index < -0.39 is 24.9 Å². The van der Waals surface area contributed by atoms with Crippen LogP contribution in [0.15, 0.2) is 78.0 Å². The third kappa shape index (κ3) is 7.45. The first-order valence-electron chi connectivity index (χ1n) is 20.9. The Bertz CT molecular complexity index is 2830. The van der Waals surface area contributed by atoms with Gasteiger partial charge in [0.15, 0.2) is 5.70 Å². The second-order valence-corrected chi connectivity index (χ2v) is 18.0. The molecular formula is C47H49BF5N5O5. The Kier molecular flexibility index (Phi) is 10.6. The summed E-state index contributed by atoms with van der Waals surface area (Å²) in [4.78, 5) is 28.8. The largest absolute Gasteiger partial charge is 0.737 e. The second-order valence-electron chi connectivity index (χ2n) is 18.0. The SMILES string of the molecule is CC1=CC(C)=[N+]2C1=C(c1ccc(C(=O)NCCOCCOc3cc4c(cc3-n3c(C(F)(F)F)nc5cc(C(=O)O)ccc53)C(C)(C)CCC4(C)C)cc1)c1c(C)cc(C)n1[B-]2(F)F. The molecule has 3 aliphatic rings. The van der Waals surface area contributed by atoms with Crippen LogP contribution in [0.2, 0.25) is 0 Å². The molecule has 2 aliphatic heterocycles. The van der Waals surface area contributed by atoms with Crippen LogP contribution in [0, 0.1) is 13.8 Å². The number of nitrogens with one attached hydrogen (secondary N) is 1. The van der Waals surface area contributed by atoms with Crippen LogP contribution in [0.4, 0.5) is 21.8 Å².